The molecule has 0 spiro atoms. The molecule has 0 aromatic heterocycles. The second kappa shape index (κ2) is 8.64. The fourth-order valence-electron chi connectivity index (χ4n) is 3.25. The molecule has 0 amide bonds. The molecule has 3 heteroatoms. The van der Waals surface area contributed by atoms with E-state index in [4.69, 9.17) is 4.43 Å². The molecule has 1 aromatic rings. The summed E-state index contributed by atoms with van der Waals surface area (Å²) in [5.74, 6) is 0.847. The molecule has 1 saturated carbocycles. The molecule has 136 valence electrons. The van der Waals surface area contributed by atoms with E-state index in [1.54, 1.807) is 0 Å². The van der Waals surface area contributed by atoms with E-state index in [0.717, 1.165) is 18.9 Å². The summed E-state index contributed by atoms with van der Waals surface area (Å²) < 4.78 is 6.32. The fourth-order valence-corrected chi connectivity index (χ4v) is 4.41. The van der Waals surface area contributed by atoms with Crippen LogP contribution in [-0.2, 0) is 10.8 Å². The van der Waals surface area contributed by atoms with Gasteiger partial charge in [-0.05, 0) is 67.8 Å². The first kappa shape index (κ1) is 19.7. The van der Waals surface area contributed by atoms with Gasteiger partial charge < -0.3 is 9.74 Å². The molecule has 2 unspecified atom stereocenters. The molecule has 2 atom stereocenters. The zero-order valence-corrected chi connectivity index (χ0v) is 17.7. The summed E-state index contributed by atoms with van der Waals surface area (Å²) in [6.45, 7) is 14.8. The Bertz CT molecular complexity index is 488. The lowest BCUT2D eigenvalue weighted by atomic mass is 9.85. The van der Waals surface area contributed by atoms with Crippen molar-refractivity contribution in [2.45, 2.75) is 78.6 Å². The Balaban J connectivity index is 2.04. The summed E-state index contributed by atoms with van der Waals surface area (Å²) in [7, 11) is -1.02. The van der Waals surface area contributed by atoms with Crippen LogP contribution in [-0.4, -0.2) is 21.7 Å². The zero-order valence-electron chi connectivity index (χ0n) is 16.6. The quantitative estimate of drug-likeness (QED) is 0.628. The van der Waals surface area contributed by atoms with Gasteiger partial charge in [-0.25, -0.2) is 0 Å². The maximum absolute atomic E-state index is 6.32. The van der Waals surface area contributed by atoms with Gasteiger partial charge >= 0.3 is 0 Å². The number of rotatable bonds is 9. The van der Waals surface area contributed by atoms with Gasteiger partial charge in [0.15, 0.2) is 9.04 Å². The minimum absolute atomic E-state index is 0.190. The van der Waals surface area contributed by atoms with E-state index >= 15 is 0 Å². The third-order valence-electron chi connectivity index (χ3n) is 4.87. The van der Waals surface area contributed by atoms with Crippen LogP contribution in [0.3, 0.4) is 0 Å². The minimum atomic E-state index is -1.02. The average Bonchev–Trinajstić information content (AvgIpc) is 3.32. The van der Waals surface area contributed by atoms with Crippen molar-refractivity contribution < 1.29 is 4.43 Å². The van der Waals surface area contributed by atoms with Gasteiger partial charge in [0.1, 0.15) is 0 Å². The third kappa shape index (κ3) is 6.02. The number of hydrogen-bond donors (Lipinski definition) is 1. The Labute approximate surface area is 151 Å². The molecule has 1 aliphatic carbocycles. The molecule has 0 radical (unpaired) electrons. The SMILES string of the molecule is CCCNC(c1ccc(CC(O[SiH](C)C)C(C)(C)C)cc1)C1CC1. The first-order valence-corrected chi connectivity index (χ1v) is 12.6. The highest BCUT2D eigenvalue weighted by atomic mass is 28.3. The first-order chi connectivity index (χ1) is 11.3. The summed E-state index contributed by atoms with van der Waals surface area (Å²) in [4.78, 5) is 0. The van der Waals surface area contributed by atoms with Gasteiger partial charge in [-0.15, -0.1) is 0 Å². The lowest BCUT2D eigenvalue weighted by Crippen LogP contribution is -2.35. The number of benzene rings is 1. The summed E-state index contributed by atoms with van der Waals surface area (Å²) in [6, 6.07) is 9.88. The van der Waals surface area contributed by atoms with Gasteiger partial charge in [0.2, 0.25) is 0 Å². The molecule has 0 saturated heterocycles. The number of hydrogen-bond acceptors (Lipinski definition) is 2. The highest BCUT2D eigenvalue weighted by molar-refractivity contribution is 6.48. The number of nitrogens with one attached hydrogen (secondary N) is 1. The maximum atomic E-state index is 6.32. The maximum Gasteiger partial charge on any atom is 0.171 e. The van der Waals surface area contributed by atoms with Crippen LogP contribution in [0.2, 0.25) is 13.1 Å². The van der Waals surface area contributed by atoms with Gasteiger partial charge in [0.05, 0.1) is 6.10 Å². The lowest BCUT2D eigenvalue weighted by molar-refractivity contribution is 0.0867. The Morgan fingerprint density at radius 2 is 1.79 bits per heavy atom. The second-order valence-corrected chi connectivity index (χ2v) is 11.1. The van der Waals surface area contributed by atoms with E-state index in [9.17, 15) is 0 Å². The van der Waals surface area contributed by atoms with E-state index in [2.05, 4.69) is 70.4 Å². The van der Waals surface area contributed by atoms with Crippen molar-refractivity contribution in [3.05, 3.63) is 35.4 Å². The van der Waals surface area contributed by atoms with Crippen molar-refractivity contribution in [1.82, 2.24) is 5.32 Å². The molecule has 1 fully saturated rings. The van der Waals surface area contributed by atoms with E-state index in [-0.39, 0.29) is 5.41 Å². The first-order valence-electron chi connectivity index (χ1n) is 9.79. The Kier molecular flexibility index (Phi) is 7.08. The van der Waals surface area contributed by atoms with Gasteiger partial charge in [-0.1, -0.05) is 52.0 Å². The lowest BCUT2D eigenvalue weighted by Gasteiger charge is -2.33. The molecule has 0 heterocycles. The Hall–Kier alpha value is -0.643. The largest absolute Gasteiger partial charge is 0.417 e. The van der Waals surface area contributed by atoms with Crippen molar-refractivity contribution in [2.75, 3.05) is 6.54 Å². The highest BCUT2D eigenvalue weighted by Crippen LogP contribution is 2.41. The van der Waals surface area contributed by atoms with Gasteiger partial charge in [-0.2, -0.15) is 0 Å². The predicted octanol–water partition coefficient (Wildman–Crippen LogP) is 5.09. The van der Waals surface area contributed by atoms with Crippen molar-refractivity contribution >= 4 is 9.04 Å². The van der Waals surface area contributed by atoms with Crippen molar-refractivity contribution in [3.8, 4) is 0 Å². The van der Waals surface area contributed by atoms with E-state index in [0.29, 0.717) is 12.1 Å². The summed E-state index contributed by atoms with van der Waals surface area (Å²) in [5, 5.41) is 3.74. The minimum Gasteiger partial charge on any atom is -0.417 e. The molecule has 24 heavy (non-hydrogen) atoms. The van der Waals surface area contributed by atoms with Gasteiger partial charge in [0.25, 0.3) is 0 Å². The Morgan fingerprint density at radius 3 is 2.25 bits per heavy atom. The molecule has 0 aliphatic heterocycles. The topological polar surface area (TPSA) is 21.3 Å². The molecular weight excluding hydrogens is 310 g/mol. The van der Waals surface area contributed by atoms with E-state index in [1.807, 2.05) is 0 Å². The average molecular weight is 348 g/mol. The molecular formula is C21H37NOSi. The molecule has 1 aliphatic rings. The highest BCUT2D eigenvalue weighted by Gasteiger charge is 2.32. The van der Waals surface area contributed by atoms with Crippen LogP contribution in [0, 0.1) is 11.3 Å². The van der Waals surface area contributed by atoms with Crippen LogP contribution in [0.25, 0.3) is 0 Å². The normalized spacial score (nSPS) is 18.0. The smallest absolute Gasteiger partial charge is 0.171 e. The molecule has 1 aromatic carbocycles. The van der Waals surface area contributed by atoms with Crippen LogP contribution in [0.5, 0.6) is 0 Å². The summed E-state index contributed by atoms with van der Waals surface area (Å²) in [6.07, 6.45) is 5.29. The van der Waals surface area contributed by atoms with Crippen molar-refractivity contribution in [3.63, 3.8) is 0 Å². The van der Waals surface area contributed by atoms with Crippen molar-refractivity contribution in [1.29, 1.82) is 0 Å². The monoisotopic (exact) mass is 347 g/mol. The van der Waals surface area contributed by atoms with Crippen LogP contribution in [0.4, 0.5) is 0 Å². The standard InChI is InChI=1S/C21H37NOSi/c1-7-14-22-20(18-12-13-18)17-10-8-16(9-11-17)15-19(21(2,3)4)23-24(5)6/h8-11,18-20,22,24H,7,12-15H2,1-6H3. The summed E-state index contributed by atoms with van der Waals surface area (Å²) >= 11 is 0. The molecule has 2 rings (SSSR count). The fraction of sp³-hybridized carbons (Fsp3) is 0.714. The van der Waals surface area contributed by atoms with Crippen molar-refractivity contribution in [2.24, 2.45) is 11.3 Å². The van der Waals surface area contributed by atoms with Crippen LogP contribution in [0.15, 0.2) is 24.3 Å². The van der Waals surface area contributed by atoms with Gasteiger partial charge in [-0.3, -0.25) is 0 Å². The zero-order chi connectivity index (χ0) is 17.7. The molecule has 0 bridgehead atoms. The summed E-state index contributed by atoms with van der Waals surface area (Å²) in [5.41, 5.74) is 3.05. The molecule has 2 nitrogen and oxygen atoms in total. The van der Waals surface area contributed by atoms with Crippen LogP contribution in [0.1, 0.15) is 64.1 Å². The van der Waals surface area contributed by atoms with E-state index < -0.39 is 9.04 Å². The predicted molar refractivity (Wildman–Crippen MR) is 107 cm³/mol. The molecule has 1 N–H and O–H groups in total. The van der Waals surface area contributed by atoms with Crippen LogP contribution >= 0.6 is 0 Å². The van der Waals surface area contributed by atoms with Crippen LogP contribution < -0.4 is 5.32 Å². The van der Waals surface area contributed by atoms with Gasteiger partial charge in [0, 0.05) is 6.04 Å². The third-order valence-corrected chi connectivity index (χ3v) is 5.74. The Morgan fingerprint density at radius 1 is 1.17 bits per heavy atom. The second-order valence-electron chi connectivity index (χ2n) is 8.75. The van der Waals surface area contributed by atoms with E-state index in [1.165, 1.54) is 30.4 Å².